The number of ether oxygens (including phenoxy) is 1. The Kier molecular flexibility index (Phi) is 5.53. The van der Waals surface area contributed by atoms with E-state index >= 15 is 0 Å². The van der Waals surface area contributed by atoms with Crippen molar-refractivity contribution >= 4 is 22.6 Å². The number of hydrogen-bond acceptors (Lipinski definition) is 7. The van der Waals surface area contributed by atoms with Crippen molar-refractivity contribution in [1.29, 1.82) is 0 Å². The summed E-state index contributed by atoms with van der Waals surface area (Å²) in [7, 11) is 0. The van der Waals surface area contributed by atoms with E-state index in [1.807, 2.05) is 0 Å². The Balaban J connectivity index is 1.36. The smallest absolute Gasteiger partial charge is 0.270 e. The second-order valence-electron chi connectivity index (χ2n) is 7.18. The molecule has 3 aromatic rings. The molecular formula is C21H23N5O3. The van der Waals surface area contributed by atoms with Gasteiger partial charge in [-0.15, -0.1) is 0 Å². The zero-order chi connectivity index (χ0) is 20.2. The van der Waals surface area contributed by atoms with Gasteiger partial charge in [0.1, 0.15) is 17.0 Å². The number of nitrogens with zero attached hydrogens (tertiary/aromatic N) is 3. The summed E-state index contributed by atoms with van der Waals surface area (Å²) >= 11 is 0. The number of carbonyl (C=O) groups excluding carboxylic acids is 1. The van der Waals surface area contributed by atoms with Crippen LogP contribution in [0.15, 0.2) is 42.7 Å². The lowest BCUT2D eigenvalue weighted by Gasteiger charge is -2.29. The lowest BCUT2D eigenvalue weighted by molar-refractivity contribution is 0.0889. The molecule has 1 saturated carbocycles. The highest BCUT2D eigenvalue weighted by Gasteiger charge is 2.25. The molecule has 150 valence electrons. The van der Waals surface area contributed by atoms with Crippen LogP contribution in [-0.2, 0) is 6.61 Å². The summed E-state index contributed by atoms with van der Waals surface area (Å²) < 4.78 is 6.18. The van der Waals surface area contributed by atoms with E-state index in [9.17, 15) is 9.90 Å². The van der Waals surface area contributed by atoms with Gasteiger partial charge in [-0.3, -0.25) is 9.78 Å². The predicted molar refractivity (Wildman–Crippen MR) is 108 cm³/mol. The number of anilines is 1. The predicted octanol–water partition coefficient (Wildman–Crippen LogP) is 2.22. The molecule has 0 aliphatic heterocycles. The van der Waals surface area contributed by atoms with Gasteiger partial charge in [0.2, 0.25) is 0 Å². The standard InChI is InChI=1S/C21H23N5O3/c22-13-10-18-20(24-9-8-23-18)19(11-13)29-16-6-4-14(5-7-16)26-21(28)17-3-1-2-15(12-27)25-17/h1-3,8-11,14,16,27H,4-7,12,22H2,(H,26,28). The van der Waals surface area contributed by atoms with Crippen LogP contribution in [0.3, 0.4) is 0 Å². The van der Waals surface area contributed by atoms with Crippen molar-refractivity contribution < 1.29 is 14.6 Å². The van der Waals surface area contributed by atoms with Crippen molar-refractivity contribution in [1.82, 2.24) is 20.3 Å². The van der Waals surface area contributed by atoms with Crippen molar-refractivity contribution in [2.75, 3.05) is 5.73 Å². The molecule has 0 saturated heterocycles. The van der Waals surface area contributed by atoms with Crippen LogP contribution in [0.5, 0.6) is 5.75 Å². The number of aliphatic hydroxyl groups is 1. The summed E-state index contributed by atoms with van der Waals surface area (Å²) in [6.07, 6.45) is 6.54. The molecule has 1 aromatic carbocycles. The summed E-state index contributed by atoms with van der Waals surface area (Å²) in [4.78, 5) is 25.2. The van der Waals surface area contributed by atoms with Gasteiger partial charge >= 0.3 is 0 Å². The van der Waals surface area contributed by atoms with Gasteiger partial charge in [0, 0.05) is 30.2 Å². The fourth-order valence-corrected chi connectivity index (χ4v) is 3.61. The maximum atomic E-state index is 12.4. The van der Waals surface area contributed by atoms with Crippen molar-refractivity contribution in [2.45, 2.75) is 44.4 Å². The molecular weight excluding hydrogens is 370 g/mol. The Morgan fingerprint density at radius 2 is 1.97 bits per heavy atom. The molecule has 29 heavy (non-hydrogen) atoms. The fraction of sp³-hybridized carbons (Fsp3) is 0.333. The Bertz CT molecular complexity index is 1020. The third kappa shape index (κ3) is 4.43. The lowest BCUT2D eigenvalue weighted by atomic mass is 9.92. The number of fused-ring (bicyclic) bond motifs is 1. The number of pyridine rings is 1. The van der Waals surface area contributed by atoms with E-state index in [0.717, 1.165) is 25.7 Å². The van der Waals surface area contributed by atoms with Gasteiger partial charge in [0.05, 0.1) is 23.9 Å². The molecule has 1 aliphatic carbocycles. The number of benzene rings is 1. The fourth-order valence-electron chi connectivity index (χ4n) is 3.61. The minimum atomic E-state index is -0.221. The molecule has 8 nitrogen and oxygen atoms in total. The Morgan fingerprint density at radius 1 is 1.17 bits per heavy atom. The second-order valence-corrected chi connectivity index (χ2v) is 7.18. The van der Waals surface area contributed by atoms with Crippen molar-refractivity contribution in [2.24, 2.45) is 0 Å². The number of aromatic nitrogens is 3. The van der Waals surface area contributed by atoms with Crippen LogP contribution < -0.4 is 15.8 Å². The molecule has 8 heteroatoms. The van der Waals surface area contributed by atoms with Crippen LogP contribution in [-0.4, -0.2) is 38.1 Å². The number of nitrogens with one attached hydrogen (secondary N) is 1. The van der Waals surface area contributed by atoms with E-state index in [0.29, 0.717) is 33.9 Å². The van der Waals surface area contributed by atoms with Gasteiger partial charge in [-0.2, -0.15) is 0 Å². The van der Waals surface area contributed by atoms with E-state index in [4.69, 9.17) is 10.5 Å². The number of amides is 1. The molecule has 0 radical (unpaired) electrons. The number of rotatable bonds is 5. The third-order valence-corrected chi connectivity index (χ3v) is 5.07. The summed E-state index contributed by atoms with van der Waals surface area (Å²) in [5.74, 6) is 0.423. The summed E-state index contributed by atoms with van der Waals surface area (Å²) in [5.41, 5.74) is 8.76. The van der Waals surface area contributed by atoms with E-state index in [1.54, 1.807) is 42.7 Å². The average Bonchev–Trinajstić information content (AvgIpc) is 2.75. The summed E-state index contributed by atoms with van der Waals surface area (Å²) in [6.45, 7) is -0.188. The van der Waals surface area contributed by atoms with Gasteiger partial charge in [-0.1, -0.05) is 6.07 Å². The number of carbonyl (C=O) groups is 1. The molecule has 4 N–H and O–H groups in total. The molecule has 1 aliphatic rings. The second kappa shape index (κ2) is 8.40. The van der Waals surface area contributed by atoms with Crippen LogP contribution in [0, 0.1) is 0 Å². The molecule has 0 atom stereocenters. The van der Waals surface area contributed by atoms with E-state index in [1.165, 1.54) is 0 Å². The SMILES string of the molecule is Nc1cc(OC2CCC(NC(=O)c3cccc(CO)n3)CC2)c2nccnc2c1. The molecule has 0 unspecified atom stereocenters. The zero-order valence-corrected chi connectivity index (χ0v) is 15.9. The molecule has 2 heterocycles. The first-order chi connectivity index (χ1) is 14.1. The number of nitrogens with two attached hydrogens (primary N) is 1. The van der Waals surface area contributed by atoms with Crippen LogP contribution in [0.2, 0.25) is 0 Å². The van der Waals surface area contributed by atoms with Gasteiger partial charge < -0.3 is 20.9 Å². The topological polar surface area (TPSA) is 123 Å². The lowest BCUT2D eigenvalue weighted by Crippen LogP contribution is -2.40. The monoisotopic (exact) mass is 393 g/mol. The Labute approximate surface area is 168 Å². The third-order valence-electron chi connectivity index (χ3n) is 5.07. The van der Waals surface area contributed by atoms with Crippen LogP contribution in [0.4, 0.5) is 5.69 Å². The number of hydrogen-bond donors (Lipinski definition) is 3. The van der Waals surface area contributed by atoms with E-state index < -0.39 is 0 Å². The minimum Gasteiger partial charge on any atom is -0.488 e. The van der Waals surface area contributed by atoms with Crippen molar-refractivity contribution in [3.63, 3.8) is 0 Å². The summed E-state index contributed by atoms with van der Waals surface area (Å²) in [5, 5.41) is 12.2. The van der Waals surface area contributed by atoms with Gasteiger partial charge in [0.15, 0.2) is 0 Å². The quantitative estimate of drug-likeness (QED) is 0.568. The summed E-state index contributed by atoms with van der Waals surface area (Å²) in [6, 6.07) is 8.68. The first kappa shape index (κ1) is 19.1. The average molecular weight is 393 g/mol. The van der Waals surface area contributed by atoms with Crippen LogP contribution in [0.1, 0.15) is 41.9 Å². The van der Waals surface area contributed by atoms with Gasteiger partial charge in [-0.05, 0) is 43.9 Å². The number of nitrogen functional groups attached to an aromatic ring is 1. The number of aliphatic hydroxyl groups excluding tert-OH is 1. The Hall–Kier alpha value is -3.26. The first-order valence-electron chi connectivity index (χ1n) is 9.67. The highest BCUT2D eigenvalue weighted by molar-refractivity contribution is 5.92. The molecule has 0 bridgehead atoms. The zero-order valence-electron chi connectivity index (χ0n) is 15.9. The van der Waals surface area contributed by atoms with E-state index in [2.05, 4.69) is 20.3 Å². The molecule has 1 fully saturated rings. The van der Waals surface area contributed by atoms with Crippen molar-refractivity contribution in [3.05, 3.63) is 54.1 Å². The van der Waals surface area contributed by atoms with Crippen LogP contribution >= 0.6 is 0 Å². The molecule has 1 amide bonds. The van der Waals surface area contributed by atoms with Crippen molar-refractivity contribution in [3.8, 4) is 5.75 Å². The highest BCUT2D eigenvalue weighted by atomic mass is 16.5. The highest BCUT2D eigenvalue weighted by Crippen LogP contribution is 2.30. The molecule has 4 rings (SSSR count). The van der Waals surface area contributed by atoms with E-state index in [-0.39, 0.29) is 24.7 Å². The van der Waals surface area contributed by atoms with Crippen LogP contribution in [0.25, 0.3) is 11.0 Å². The molecule has 0 spiro atoms. The molecule has 2 aromatic heterocycles. The first-order valence-corrected chi connectivity index (χ1v) is 9.67. The minimum absolute atomic E-state index is 0.0333. The maximum Gasteiger partial charge on any atom is 0.270 e. The normalized spacial score (nSPS) is 19.1. The van der Waals surface area contributed by atoms with Gasteiger partial charge in [-0.25, -0.2) is 9.97 Å². The largest absolute Gasteiger partial charge is 0.488 e. The maximum absolute atomic E-state index is 12.4. The van der Waals surface area contributed by atoms with Gasteiger partial charge in [0.25, 0.3) is 5.91 Å². The Morgan fingerprint density at radius 3 is 2.76 bits per heavy atom.